The second-order valence-corrected chi connectivity index (χ2v) is 4.89. The number of H-pyrrole nitrogens is 1. The summed E-state index contributed by atoms with van der Waals surface area (Å²) in [5.74, 6) is 0.298. The number of aromatic nitrogens is 2. The molecule has 0 saturated heterocycles. The number of hydrogen-bond donors (Lipinski definition) is 2. The summed E-state index contributed by atoms with van der Waals surface area (Å²) in [6, 6.07) is 12.9. The molecule has 3 rings (SSSR count). The number of carbonyl (C=O) groups is 1. The minimum Gasteiger partial charge on any atom is -0.305 e. The third-order valence-electron chi connectivity index (χ3n) is 3.21. The van der Waals surface area contributed by atoms with Crippen LogP contribution in [0, 0.1) is 6.92 Å². The topological polar surface area (TPSA) is 57.8 Å². The van der Waals surface area contributed by atoms with Gasteiger partial charge >= 0.3 is 0 Å². The van der Waals surface area contributed by atoms with E-state index in [2.05, 4.69) is 15.5 Å². The van der Waals surface area contributed by atoms with E-state index >= 15 is 0 Å². The van der Waals surface area contributed by atoms with Crippen molar-refractivity contribution in [3.8, 4) is 0 Å². The molecule has 0 bridgehead atoms. The van der Waals surface area contributed by atoms with Crippen molar-refractivity contribution in [2.75, 3.05) is 5.32 Å². The average molecular weight is 286 g/mol. The molecule has 0 aliphatic heterocycles. The van der Waals surface area contributed by atoms with Crippen LogP contribution in [0.3, 0.4) is 0 Å². The maximum absolute atomic E-state index is 12.3. The van der Waals surface area contributed by atoms with Crippen LogP contribution < -0.4 is 5.32 Å². The van der Waals surface area contributed by atoms with E-state index < -0.39 is 0 Å². The van der Waals surface area contributed by atoms with E-state index in [0.29, 0.717) is 16.4 Å². The summed E-state index contributed by atoms with van der Waals surface area (Å²) in [4.78, 5) is 12.3. The molecule has 0 spiro atoms. The second kappa shape index (κ2) is 4.98. The van der Waals surface area contributed by atoms with E-state index in [1.54, 1.807) is 18.2 Å². The first-order valence-corrected chi connectivity index (χ1v) is 6.54. The number of halogens is 1. The molecule has 0 aliphatic carbocycles. The van der Waals surface area contributed by atoms with Crippen LogP contribution in [-0.2, 0) is 0 Å². The molecule has 0 saturated carbocycles. The van der Waals surface area contributed by atoms with Gasteiger partial charge in [0.05, 0.1) is 5.52 Å². The number of carbonyl (C=O) groups excluding carboxylic acids is 1. The van der Waals surface area contributed by atoms with Crippen LogP contribution in [0.25, 0.3) is 10.9 Å². The highest BCUT2D eigenvalue weighted by atomic mass is 35.5. The summed E-state index contributed by atoms with van der Waals surface area (Å²) in [5, 5.41) is 11.3. The number of hydrogen-bond acceptors (Lipinski definition) is 2. The third-order valence-corrected chi connectivity index (χ3v) is 3.62. The van der Waals surface area contributed by atoms with Gasteiger partial charge in [-0.1, -0.05) is 29.8 Å². The van der Waals surface area contributed by atoms with Crippen LogP contribution in [0.5, 0.6) is 0 Å². The molecule has 1 amide bonds. The monoisotopic (exact) mass is 285 g/mol. The van der Waals surface area contributed by atoms with Gasteiger partial charge in [-0.3, -0.25) is 9.89 Å². The summed E-state index contributed by atoms with van der Waals surface area (Å²) >= 11 is 6.03. The number of aromatic amines is 1. The Hall–Kier alpha value is -2.33. The van der Waals surface area contributed by atoms with E-state index in [1.165, 1.54) is 0 Å². The van der Waals surface area contributed by atoms with Gasteiger partial charge in [0.2, 0.25) is 0 Å². The SMILES string of the molecule is Cc1c(Cl)cccc1C(=O)Nc1n[nH]c2ccccc12. The zero-order valence-electron chi connectivity index (χ0n) is 10.8. The summed E-state index contributed by atoms with van der Waals surface area (Å²) < 4.78 is 0. The van der Waals surface area contributed by atoms with Gasteiger partial charge in [-0.15, -0.1) is 0 Å². The Bertz CT molecular complexity index is 795. The lowest BCUT2D eigenvalue weighted by molar-refractivity contribution is 0.102. The number of fused-ring (bicyclic) bond motifs is 1. The van der Waals surface area contributed by atoms with Crippen LogP contribution in [0.4, 0.5) is 5.82 Å². The Labute approximate surface area is 120 Å². The lowest BCUT2D eigenvalue weighted by atomic mass is 10.1. The van der Waals surface area contributed by atoms with E-state index in [4.69, 9.17) is 11.6 Å². The molecule has 1 aromatic heterocycles. The minimum absolute atomic E-state index is 0.220. The first kappa shape index (κ1) is 12.7. The smallest absolute Gasteiger partial charge is 0.257 e. The molecule has 0 unspecified atom stereocenters. The molecule has 5 heteroatoms. The Morgan fingerprint density at radius 2 is 2.00 bits per heavy atom. The van der Waals surface area contributed by atoms with Crippen molar-refractivity contribution in [1.82, 2.24) is 10.2 Å². The molecule has 20 heavy (non-hydrogen) atoms. The maximum atomic E-state index is 12.3. The maximum Gasteiger partial charge on any atom is 0.257 e. The first-order valence-electron chi connectivity index (χ1n) is 6.16. The number of para-hydroxylation sites is 1. The Kier molecular flexibility index (Phi) is 3.16. The largest absolute Gasteiger partial charge is 0.305 e. The summed E-state index contributed by atoms with van der Waals surface area (Å²) in [6.07, 6.45) is 0. The van der Waals surface area contributed by atoms with Crippen LogP contribution in [0.15, 0.2) is 42.5 Å². The van der Waals surface area contributed by atoms with E-state index in [0.717, 1.165) is 16.5 Å². The quantitative estimate of drug-likeness (QED) is 0.753. The molecule has 100 valence electrons. The second-order valence-electron chi connectivity index (χ2n) is 4.48. The predicted octanol–water partition coefficient (Wildman–Crippen LogP) is 3.78. The number of nitrogens with zero attached hydrogens (tertiary/aromatic N) is 1. The van der Waals surface area contributed by atoms with Gasteiger partial charge in [0.25, 0.3) is 5.91 Å². The molecule has 4 nitrogen and oxygen atoms in total. The molecule has 0 fully saturated rings. The molecule has 2 aromatic carbocycles. The molecule has 0 radical (unpaired) electrons. The van der Waals surface area contributed by atoms with Gasteiger partial charge in [0, 0.05) is 16.0 Å². The lowest BCUT2D eigenvalue weighted by Gasteiger charge is -2.07. The highest BCUT2D eigenvalue weighted by molar-refractivity contribution is 6.32. The Balaban J connectivity index is 1.95. The van der Waals surface area contributed by atoms with Crippen molar-refractivity contribution in [3.63, 3.8) is 0 Å². The number of amides is 1. The van der Waals surface area contributed by atoms with E-state index in [1.807, 2.05) is 31.2 Å². The van der Waals surface area contributed by atoms with Crippen LogP contribution in [-0.4, -0.2) is 16.1 Å². The molecular weight excluding hydrogens is 274 g/mol. The van der Waals surface area contributed by atoms with Gasteiger partial charge in [0.15, 0.2) is 5.82 Å². The fourth-order valence-corrected chi connectivity index (χ4v) is 2.26. The van der Waals surface area contributed by atoms with E-state index in [-0.39, 0.29) is 5.91 Å². The average Bonchev–Trinajstić information content (AvgIpc) is 2.85. The molecule has 2 N–H and O–H groups in total. The number of anilines is 1. The molecular formula is C15H12ClN3O. The summed E-state index contributed by atoms with van der Waals surface area (Å²) in [5.41, 5.74) is 2.18. The summed E-state index contributed by atoms with van der Waals surface area (Å²) in [7, 11) is 0. The first-order chi connectivity index (χ1) is 9.66. The van der Waals surface area contributed by atoms with Crippen molar-refractivity contribution < 1.29 is 4.79 Å². The van der Waals surface area contributed by atoms with Crippen molar-refractivity contribution in [1.29, 1.82) is 0 Å². The Morgan fingerprint density at radius 1 is 1.20 bits per heavy atom. The normalized spacial score (nSPS) is 10.7. The number of nitrogens with one attached hydrogen (secondary N) is 2. The number of benzene rings is 2. The number of rotatable bonds is 2. The summed E-state index contributed by atoms with van der Waals surface area (Å²) in [6.45, 7) is 1.82. The van der Waals surface area contributed by atoms with Gasteiger partial charge in [-0.25, -0.2) is 0 Å². The zero-order chi connectivity index (χ0) is 14.1. The molecule has 1 heterocycles. The molecule has 0 atom stereocenters. The van der Waals surface area contributed by atoms with Crippen molar-refractivity contribution in [2.45, 2.75) is 6.92 Å². The Morgan fingerprint density at radius 3 is 2.85 bits per heavy atom. The van der Waals surface area contributed by atoms with Crippen LogP contribution in [0.1, 0.15) is 15.9 Å². The zero-order valence-corrected chi connectivity index (χ0v) is 11.5. The highest BCUT2D eigenvalue weighted by Gasteiger charge is 2.13. The predicted molar refractivity (Wildman–Crippen MR) is 80.2 cm³/mol. The van der Waals surface area contributed by atoms with E-state index in [9.17, 15) is 4.79 Å². The lowest BCUT2D eigenvalue weighted by Crippen LogP contribution is -2.14. The van der Waals surface area contributed by atoms with Gasteiger partial charge in [-0.05, 0) is 36.8 Å². The van der Waals surface area contributed by atoms with Gasteiger partial charge in [0.1, 0.15) is 0 Å². The van der Waals surface area contributed by atoms with Gasteiger partial charge in [-0.2, -0.15) is 5.10 Å². The van der Waals surface area contributed by atoms with Crippen molar-refractivity contribution in [2.24, 2.45) is 0 Å². The van der Waals surface area contributed by atoms with Crippen LogP contribution in [0.2, 0.25) is 5.02 Å². The third kappa shape index (κ3) is 2.14. The standard InChI is InChI=1S/C15H12ClN3O/c1-9-10(6-4-7-12(9)16)15(20)17-14-11-5-2-3-8-13(11)18-19-14/h2-8H,1H3,(H2,17,18,19,20). The van der Waals surface area contributed by atoms with Crippen LogP contribution >= 0.6 is 11.6 Å². The fraction of sp³-hybridized carbons (Fsp3) is 0.0667. The minimum atomic E-state index is -0.220. The highest BCUT2D eigenvalue weighted by Crippen LogP contribution is 2.22. The van der Waals surface area contributed by atoms with Gasteiger partial charge < -0.3 is 5.32 Å². The van der Waals surface area contributed by atoms with Crippen molar-refractivity contribution in [3.05, 3.63) is 58.6 Å². The van der Waals surface area contributed by atoms with Crippen molar-refractivity contribution >= 4 is 34.2 Å². The fourth-order valence-electron chi connectivity index (χ4n) is 2.09. The molecule has 3 aromatic rings. The molecule has 0 aliphatic rings.